The van der Waals surface area contributed by atoms with E-state index in [0.717, 1.165) is 51.4 Å². The highest BCUT2D eigenvalue weighted by Crippen LogP contribution is 2.16. The van der Waals surface area contributed by atoms with Crippen LogP contribution in [0.25, 0.3) is 0 Å². The van der Waals surface area contributed by atoms with Crippen LogP contribution in [0.3, 0.4) is 0 Å². The molecule has 0 saturated carbocycles. The number of amides is 1. The molecule has 0 aromatic carbocycles. The van der Waals surface area contributed by atoms with Gasteiger partial charge in [-0.1, -0.05) is 243 Å². The van der Waals surface area contributed by atoms with Gasteiger partial charge in [0.15, 0.2) is 0 Å². The van der Waals surface area contributed by atoms with E-state index < -0.39 is 12.1 Å². The molecular formula is C59H111NO5. The first-order valence-electron chi connectivity index (χ1n) is 28.7. The molecule has 6 heteroatoms. The molecule has 2 unspecified atom stereocenters. The van der Waals surface area contributed by atoms with Crippen LogP contribution in [0.4, 0.5) is 0 Å². The standard InChI is InChI=1S/C59H111NO5/c1-3-5-7-9-11-13-15-16-17-18-23-26-29-33-37-41-45-49-53-59(64)65-54-50-46-42-38-34-30-27-24-21-19-20-22-25-28-32-36-40-44-48-52-58(63)60-56(55-61)57(62)51-47-43-39-35-31-14-12-10-8-6-4-2/h13,15,17-20,56-57,61-62H,3-12,14,16,21-55H2,1-2H3,(H,60,63)/b15-13-,18-17-,20-19-. The van der Waals surface area contributed by atoms with Crippen molar-refractivity contribution in [2.24, 2.45) is 0 Å². The van der Waals surface area contributed by atoms with Crippen LogP contribution in [-0.4, -0.2) is 47.4 Å². The van der Waals surface area contributed by atoms with Crippen LogP contribution in [-0.2, 0) is 14.3 Å². The summed E-state index contributed by atoms with van der Waals surface area (Å²) in [7, 11) is 0. The zero-order valence-electron chi connectivity index (χ0n) is 43.5. The summed E-state index contributed by atoms with van der Waals surface area (Å²) in [4.78, 5) is 24.5. The van der Waals surface area contributed by atoms with Gasteiger partial charge in [0.05, 0.1) is 25.4 Å². The van der Waals surface area contributed by atoms with Crippen LogP contribution >= 0.6 is 0 Å². The lowest BCUT2D eigenvalue weighted by Gasteiger charge is -2.22. The maximum atomic E-state index is 12.4. The molecule has 0 rings (SSSR count). The first kappa shape index (κ1) is 63.1. The van der Waals surface area contributed by atoms with Crippen molar-refractivity contribution in [3.63, 3.8) is 0 Å². The van der Waals surface area contributed by atoms with E-state index in [9.17, 15) is 19.8 Å². The second-order valence-electron chi connectivity index (χ2n) is 19.6. The molecule has 2 atom stereocenters. The summed E-state index contributed by atoms with van der Waals surface area (Å²) in [5.74, 6) is -0.0497. The normalized spacial score (nSPS) is 12.9. The summed E-state index contributed by atoms with van der Waals surface area (Å²) < 4.78 is 5.48. The molecule has 0 radical (unpaired) electrons. The van der Waals surface area contributed by atoms with Gasteiger partial charge < -0.3 is 20.3 Å². The number of esters is 1. The molecule has 6 nitrogen and oxygen atoms in total. The smallest absolute Gasteiger partial charge is 0.305 e. The minimum Gasteiger partial charge on any atom is -0.466 e. The molecule has 0 aromatic heterocycles. The Hall–Kier alpha value is -1.92. The molecular weight excluding hydrogens is 803 g/mol. The van der Waals surface area contributed by atoms with Crippen LogP contribution in [0.15, 0.2) is 36.5 Å². The van der Waals surface area contributed by atoms with Gasteiger partial charge in [0, 0.05) is 12.8 Å². The number of aliphatic hydroxyl groups is 2. The summed E-state index contributed by atoms with van der Waals surface area (Å²) in [6, 6.07) is -0.548. The van der Waals surface area contributed by atoms with E-state index in [2.05, 4.69) is 55.6 Å². The Morgan fingerprint density at radius 1 is 0.431 bits per heavy atom. The average molecular weight is 915 g/mol. The predicted molar refractivity (Wildman–Crippen MR) is 283 cm³/mol. The van der Waals surface area contributed by atoms with Crippen LogP contribution in [0.2, 0.25) is 0 Å². The Morgan fingerprint density at radius 3 is 1.20 bits per heavy atom. The Balaban J connectivity index is 3.42. The van der Waals surface area contributed by atoms with Gasteiger partial charge in [-0.05, 0) is 83.5 Å². The van der Waals surface area contributed by atoms with Crippen molar-refractivity contribution in [1.82, 2.24) is 5.32 Å². The summed E-state index contributed by atoms with van der Waals surface area (Å²) in [6.07, 6.45) is 67.0. The van der Waals surface area contributed by atoms with Gasteiger partial charge in [-0.2, -0.15) is 0 Å². The molecule has 0 saturated heterocycles. The van der Waals surface area contributed by atoms with E-state index in [4.69, 9.17) is 4.74 Å². The molecule has 0 spiro atoms. The number of carbonyl (C=O) groups is 2. The van der Waals surface area contributed by atoms with E-state index in [-0.39, 0.29) is 18.5 Å². The van der Waals surface area contributed by atoms with Crippen molar-refractivity contribution in [2.75, 3.05) is 13.2 Å². The largest absolute Gasteiger partial charge is 0.466 e. The van der Waals surface area contributed by atoms with Gasteiger partial charge in [0.2, 0.25) is 5.91 Å². The molecule has 65 heavy (non-hydrogen) atoms. The molecule has 0 aliphatic rings. The lowest BCUT2D eigenvalue weighted by atomic mass is 10.0. The molecule has 3 N–H and O–H groups in total. The highest BCUT2D eigenvalue weighted by Gasteiger charge is 2.20. The van der Waals surface area contributed by atoms with Crippen molar-refractivity contribution in [3.8, 4) is 0 Å². The molecule has 0 bridgehead atoms. The number of hydrogen-bond donors (Lipinski definition) is 3. The molecule has 0 aliphatic carbocycles. The molecule has 0 heterocycles. The van der Waals surface area contributed by atoms with Gasteiger partial charge in [0.25, 0.3) is 0 Å². The Bertz CT molecular complexity index is 1060. The number of unbranched alkanes of at least 4 members (excludes halogenated alkanes) is 36. The van der Waals surface area contributed by atoms with Crippen LogP contribution in [0.1, 0.15) is 303 Å². The third-order valence-electron chi connectivity index (χ3n) is 13.2. The lowest BCUT2D eigenvalue weighted by molar-refractivity contribution is -0.143. The van der Waals surface area contributed by atoms with Crippen molar-refractivity contribution in [1.29, 1.82) is 0 Å². The van der Waals surface area contributed by atoms with E-state index in [0.29, 0.717) is 25.9 Å². The fourth-order valence-corrected chi connectivity index (χ4v) is 8.72. The zero-order valence-corrected chi connectivity index (χ0v) is 43.5. The topological polar surface area (TPSA) is 95.9 Å². The minimum absolute atomic E-state index is 0.00366. The third kappa shape index (κ3) is 51.3. The van der Waals surface area contributed by atoms with Crippen LogP contribution in [0.5, 0.6) is 0 Å². The highest BCUT2D eigenvalue weighted by molar-refractivity contribution is 5.76. The predicted octanol–water partition coefficient (Wildman–Crippen LogP) is 17.6. The number of allylic oxidation sites excluding steroid dienone is 6. The average Bonchev–Trinajstić information content (AvgIpc) is 3.31. The van der Waals surface area contributed by atoms with Crippen LogP contribution < -0.4 is 5.32 Å². The second kappa shape index (κ2) is 54.7. The summed E-state index contributed by atoms with van der Waals surface area (Å²) >= 11 is 0. The van der Waals surface area contributed by atoms with Crippen molar-refractivity contribution in [3.05, 3.63) is 36.5 Å². The monoisotopic (exact) mass is 914 g/mol. The quantitative estimate of drug-likeness (QED) is 0.0321. The van der Waals surface area contributed by atoms with Crippen molar-refractivity contribution in [2.45, 2.75) is 315 Å². The number of hydrogen-bond acceptors (Lipinski definition) is 5. The van der Waals surface area contributed by atoms with Gasteiger partial charge in [0.1, 0.15) is 0 Å². The Labute approximate surface area is 404 Å². The Morgan fingerprint density at radius 2 is 0.769 bits per heavy atom. The summed E-state index contributed by atoms with van der Waals surface area (Å²) in [5, 5.41) is 23.2. The zero-order chi connectivity index (χ0) is 47.2. The van der Waals surface area contributed by atoms with Crippen molar-refractivity contribution >= 4 is 11.9 Å². The second-order valence-corrected chi connectivity index (χ2v) is 19.6. The molecule has 382 valence electrons. The van der Waals surface area contributed by atoms with E-state index >= 15 is 0 Å². The highest BCUT2D eigenvalue weighted by atomic mass is 16.5. The van der Waals surface area contributed by atoms with Crippen molar-refractivity contribution < 1.29 is 24.5 Å². The van der Waals surface area contributed by atoms with E-state index in [1.165, 1.54) is 218 Å². The first-order valence-corrected chi connectivity index (χ1v) is 28.7. The first-order chi connectivity index (χ1) is 32.0. The van der Waals surface area contributed by atoms with E-state index in [1.807, 2.05) is 0 Å². The third-order valence-corrected chi connectivity index (χ3v) is 13.2. The maximum Gasteiger partial charge on any atom is 0.305 e. The minimum atomic E-state index is -0.669. The molecule has 1 amide bonds. The molecule has 0 fully saturated rings. The van der Waals surface area contributed by atoms with Crippen LogP contribution in [0, 0.1) is 0 Å². The fourth-order valence-electron chi connectivity index (χ4n) is 8.72. The lowest BCUT2D eigenvalue weighted by Crippen LogP contribution is -2.45. The van der Waals surface area contributed by atoms with Gasteiger partial charge in [-0.25, -0.2) is 0 Å². The van der Waals surface area contributed by atoms with Gasteiger partial charge >= 0.3 is 5.97 Å². The number of rotatable bonds is 53. The number of carbonyl (C=O) groups excluding carboxylic acids is 2. The molecule has 0 aromatic rings. The number of nitrogens with one attached hydrogen (secondary N) is 1. The van der Waals surface area contributed by atoms with Gasteiger partial charge in [-0.15, -0.1) is 0 Å². The molecule has 0 aliphatic heterocycles. The number of ether oxygens (including phenoxy) is 1. The number of aliphatic hydroxyl groups excluding tert-OH is 2. The Kier molecular flexibility index (Phi) is 53.1. The van der Waals surface area contributed by atoms with E-state index in [1.54, 1.807) is 0 Å². The SMILES string of the molecule is CCCCCC/C=C\C/C=C\CCCCCCCCCC(=O)OCCCCCCCCCC/C=C\CCCCCCCCCC(=O)NC(CO)C(O)CCCCCCCCCCCCC. The summed E-state index contributed by atoms with van der Waals surface area (Å²) in [6.45, 7) is 4.91. The fraction of sp³-hybridized carbons (Fsp3) is 0.864. The maximum absolute atomic E-state index is 12.4. The summed E-state index contributed by atoms with van der Waals surface area (Å²) in [5.41, 5.74) is 0. The van der Waals surface area contributed by atoms with Gasteiger partial charge in [-0.3, -0.25) is 9.59 Å².